The molecule has 2 N–H and O–H groups in total. The van der Waals surface area contributed by atoms with Gasteiger partial charge in [-0.05, 0) is 37.1 Å². The third kappa shape index (κ3) is 2.97. The van der Waals surface area contributed by atoms with Gasteiger partial charge in [-0.25, -0.2) is 9.48 Å². The van der Waals surface area contributed by atoms with E-state index in [0.717, 1.165) is 11.4 Å². The van der Waals surface area contributed by atoms with Crippen LogP contribution in [0.5, 0.6) is 5.75 Å². The van der Waals surface area contributed by atoms with Crippen molar-refractivity contribution in [2.24, 2.45) is 0 Å². The molecule has 0 unspecified atom stereocenters. The van der Waals surface area contributed by atoms with E-state index < -0.39 is 5.97 Å². The Morgan fingerprint density at radius 2 is 2.05 bits per heavy atom. The van der Waals surface area contributed by atoms with Crippen LogP contribution in [0, 0.1) is 0 Å². The first-order chi connectivity index (χ1) is 9.65. The average molecular weight is 276 g/mol. The van der Waals surface area contributed by atoms with E-state index in [1.165, 1.54) is 4.68 Å². The number of carboxylic acids is 1. The summed E-state index contributed by atoms with van der Waals surface area (Å²) in [5.74, 6) is -0.343. The number of methoxy groups -OCH3 is 1. The fourth-order valence-electron chi connectivity index (χ4n) is 1.91. The molecule has 106 valence electrons. The number of aryl methyl sites for hydroxylation is 1. The Labute approximate surface area is 116 Å². The number of aromatic nitrogens is 2. The molecule has 0 aliphatic carbocycles. The van der Waals surface area contributed by atoms with Gasteiger partial charge in [0.2, 0.25) is 0 Å². The smallest absolute Gasteiger partial charge is 0.356 e. The molecule has 20 heavy (non-hydrogen) atoms. The summed E-state index contributed by atoms with van der Waals surface area (Å²) in [7, 11) is 1.58. The zero-order chi connectivity index (χ0) is 14.5. The number of nitrogens with zero attached hydrogens (tertiary/aromatic N) is 2. The predicted molar refractivity (Wildman–Crippen MR) is 72.5 cm³/mol. The van der Waals surface area contributed by atoms with Crippen LogP contribution in [-0.2, 0) is 6.42 Å². The summed E-state index contributed by atoms with van der Waals surface area (Å²) in [6.45, 7) is 0.0206. The number of aliphatic hydroxyl groups excluding tert-OH is 1. The minimum absolute atomic E-state index is 0.0206. The molecule has 2 aromatic rings. The maximum atomic E-state index is 11.2. The summed E-state index contributed by atoms with van der Waals surface area (Å²) in [4.78, 5) is 11.2. The highest BCUT2D eigenvalue weighted by molar-refractivity contribution is 5.87. The lowest BCUT2D eigenvalue weighted by Crippen LogP contribution is -2.03. The molecule has 6 nitrogen and oxygen atoms in total. The molecule has 0 saturated carbocycles. The van der Waals surface area contributed by atoms with Crippen molar-refractivity contribution in [2.45, 2.75) is 12.8 Å². The monoisotopic (exact) mass is 276 g/mol. The first kappa shape index (κ1) is 14.1. The predicted octanol–water partition coefficient (Wildman–Crippen LogP) is 1.50. The molecular formula is C14H16N2O4. The first-order valence-corrected chi connectivity index (χ1v) is 6.23. The van der Waals surface area contributed by atoms with Gasteiger partial charge < -0.3 is 14.9 Å². The number of rotatable bonds is 6. The van der Waals surface area contributed by atoms with Crippen LogP contribution in [0.3, 0.4) is 0 Å². The van der Waals surface area contributed by atoms with Gasteiger partial charge in [-0.15, -0.1) is 0 Å². The molecule has 0 bridgehead atoms. The number of ether oxygens (including phenoxy) is 1. The van der Waals surface area contributed by atoms with Crippen molar-refractivity contribution in [1.29, 1.82) is 0 Å². The van der Waals surface area contributed by atoms with Crippen molar-refractivity contribution in [3.8, 4) is 11.4 Å². The number of carbonyl (C=O) groups is 1. The molecule has 1 heterocycles. The van der Waals surface area contributed by atoms with Gasteiger partial charge in [-0.2, -0.15) is 5.10 Å². The zero-order valence-electron chi connectivity index (χ0n) is 11.1. The Morgan fingerprint density at radius 3 is 2.60 bits per heavy atom. The van der Waals surface area contributed by atoms with Crippen molar-refractivity contribution >= 4 is 5.97 Å². The minimum atomic E-state index is -1.06. The Morgan fingerprint density at radius 1 is 1.35 bits per heavy atom. The van der Waals surface area contributed by atoms with E-state index in [-0.39, 0.29) is 12.3 Å². The first-order valence-electron chi connectivity index (χ1n) is 6.23. The van der Waals surface area contributed by atoms with Crippen LogP contribution in [0.1, 0.15) is 22.5 Å². The lowest BCUT2D eigenvalue weighted by molar-refractivity contribution is 0.0688. The van der Waals surface area contributed by atoms with E-state index in [0.29, 0.717) is 18.4 Å². The van der Waals surface area contributed by atoms with Gasteiger partial charge in [0.25, 0.3) is 0 Å². The normalized spacial score (nSPS) is 10.5. The highest BCUT2D eigenvalue weighted by atomic mass is 16.5. The highest BCUT2D eigenvalue weighted by Gasteiger charge is 2.16. The largest absolute Gasteiger partial charge is 0.497 e. The Bertz CT molecular complexity index is 590. The minimum Gasteiger partial charge on any atom is -0.497 e. The summed E-state index contributed by atoms with van der Waals surface area (Å²) in [6.07, 6.45) is 2.67. The van der Waals surface area contributed by atoms with E-state index in [1.807, 2.05) is 0 Å². The van der Waals surface area contributed by atoms with E-state index >= 15 is 0 Å². The molecule has 0 amide bonds. The number of hydrogen-bond donors (Lipinski definition) is 2. The van der Waals surface area contributed by atoms with Crippen molar-refractivity contribution in [3.05, 3.63) is 41.7 Å². The number of carboxylic acid groups (broad SMARTS) is 1. The molecule has 6 heteroatoms. The lowest BCUT2D eigenvalue weighted by atomic mass is 10.1. The summed E-state index contributed by atoms with van der Waals surface area (Å²) in [5.41, 5.74) is 1.39. The summed E-state index contributed by atoms with van der Waals surface area (Å²) in [5, 5.41) is 22.1. The molecule has 0 radical (unpaired) electrons. The van der Waals surface area contributed by atoms with Crippen LogP contribution in [-0.4, -0.2) is 39.7 Å². The lowest BCUT2D eigenvalue weighted by Gasteiger charge is -2.02. The van der Waals surface area contributed by atoms with Gasteiger partial charge in [0.15, 0.2) is 5.69 Å². The van der Waals surface area contributed by atoms with Crippen LogP contribution in [0.2, 0.25) is 0 Å². The highest BCUT2D eigenvalue weighted by Crippen LogP contribution is 2.17. The van der Waals surface area contributed by atoms with Gasteiger partial charge in [-0.3, -0.25) is 0 Å². The SMILES string of the molecule is COc1ccc(-n2cc(CCCO)c(C(=O)O)n2)cc1. The topological polar surface area (TPSA) is 84.6 Å². The van der Waals surface area contributed by atoms with Crippen LogP contribution in [0.4, 0.5) is 0 Å². The molecule has 0 spiro atoms. The zero-order valence-corrected chi connectivity index (χ0v) is 11.1. The van der Waals surface area contributed by atoms with Crippen molar-refractivity contribution in [3.63, 3.8) is 0 Å². The van der Waals surface area contributed by atoms with E-state index in [4.69, 9.17) is 14.9 Å². The van der Waals surface area contributed by atoms with E-state index in [2.05, 4.69) is 5.10 Å². The quantitative estimate of drug-likeness (QED) is 0.835. The Hall–Kier alpha value is -2.34. The summed E-state index contributed by atoms with van der Waals surface area (Å²) < 4.78 is 6.60. The fourth-order valence-corrected chi connectivity index (χ4v) is 1.91. The molecule has 2 rings (SSSR count). The average Bonchev–Trinajstić information content (AvgIpc) is 2.89. The maximum absolute atomic E-state index is 11.2. The van der Waals surface area contributed by atoms with Crippen LogP contribution in [0.15, 0.2) is 30.5 Å². The molecule has 0 aliphatic rings. The van der Waals surface area contributed by atoms with Crippen LogP contribution >= 0.6 is 0 Å². The molecule has 0 saturated heterocycles. The molecule has 1 aromatic heterocycles. The number of hydrogen-bond acceptors (Lipinski definition) is 4. The van der Waals surface area contributed by atoms with Gasteiger partial charge in [-0.1, -0.05) is 0 Å². The number of benzene rings is 1. The van der Waals surface area contributed by atoms with Gasteiger partial charge in [0, 0.05) is 18.4 Å². The second-order valence-corrected chi connectivity index (χ2v) is 4.28. The molecule has 0 aliphatic heterocycles. The van der Waals surface area contributed by atoms with Crippen LogP contribution < -0.4 is 4.74 Å². The van der Waals surface area contributed by atoms with Gasteiger partial charge in [0.05, 0.1) is 12.8 Å². The molecule has 1 aromatic carbocycles. The second kappa shape index (κ2) is 6.21. The summed E-state index contributed by atoms with van der Waals surface area (Å²) in [6, 6.07) is 7.16. The third-order valence-electron chi connectivity index (χ3n) is 2.93. The summed E-state index contributed by atoms with van der Waals surface area (Å²) >= 11 is 0. The van der Waals surface area contributed by atoms with Crippen molar-refractivity contribution < 1.29 is 19.7 Å². The van der Waals surface area contributed by atoms with Crippen LogP contribution in [0.25, 0.3) is 5.69 Å². The Kier molecular flexibility index (Phi) is 4.37. The van der Waals surface area contributed by atoms with Crippen molar-refractivity contribution in [1.82, 2.24) is 9.78 Å². The van der Waals surface area contributed by atoms with Gasteiger partial charge >= 0.3 is 5.97 Å². The fraction of sp³-hybridized carbons (Fsp3) is 0.286. The Balaban J connectivity index is 2.33. The number of aromatic carboxylic acids is 1. The standard InChI is InChI=1S/C14H16N2O4/c1-20-12-6-4-11(5-7-12)16-9-10(3-2-8-17)13(15-16)14(18)19/h4-7,9,17H,2-3,8H2,1H3,(H,18,19). The molecule has 0 fully saturated rings. The molecule has 0 atom stereocenters. The van der Waals surface area contributed by atoms with Crippen molar-refractivity contribution in [2.75, 3.05) is 13.7 Å². The molecular weight excluding hydrogens is 260 g/mol. The van der Waals surface area contributed by atoms with Gasteiger partial charge in [0.1, 0.15) is 5.75 Å². The number of aliphatic hydroxyl groups is 1. The maximum Gasteiger partial charge on any atom is 0.356 e. The second-order valence-electron chi connectivity index (χ2n) is 4.28. The van der Waals surface area contributed by atoms with E-state index in [9.17, 15) is 4.79 Å². The van der Waals surface area contributed by atoms with E-state index in [1.54, 1.807) is 37.6 Å². The third-order valence-corrected chi connectivity index (χ3v) is 2.93.